The molecule has 0 aliphatic heterocycles. The smallest absolute Gasteiger partial charge is 0.243 e. The van der Waals surface area contributed by atoms with Gasteiger partial charge in [0.05, 0.1) is 0 Å². The van der Waals surface area contributed by atoms with Crippen LogP contribution in [0.25, 0.3) is 0 Å². The second kappa shape index (κ2) is 10.2. The summed E-state index contributed by atoms with van der Waals surface area (Å²) in [6.07, 6.45) is 3.01. The number of carbonyl (C=O) groups excluding carboxylic acids is 1. The molecule has 1 rings (SSSR count). The van der Waals surface area contributed by atoms with Gasteiger partial charge in [0.2, 0.25) is 5.91 Å². The van der Waals surface area contributed by atoms with E-state index in [0.717, 1.165) is 19.5 Å². The number of likely N-dealkylation sites (N-methyl/N-ethyl adjacent to an activating group) is 1. The monoisotopic (exact) mass is 350 g/mol. The fourth-order valence-electron chi connectivity index (χ4n) is 1.80. The molecule has 1 amide bonds. The van der Waals surface area contributed by atoms with Gasteiger partial charge in [-0.25, -0.2) is 4.99 Å². The van der Waals surface area contributed by atoms with Crippen molar-refractivity contribution in [2.75, 3.05) is 40.0 Å². The quantitative estimate of drug-likeness (QED) is 0.556. The number of carbonyl (C=O) groups is 1. The van der Waals surface area contributed by atoms with Crippen molar-refractivity contribution >= 4 is 23.6 Å². The Morgan fingerprint density at radius 2 is 1.88 bits per heavy atom. The molecule has 0 atom stereocenters. The molecule has 0 heterocycles. The van der Waals surface area contributed by atoms with Crippen molar-refractivity contribution < 1.29 is 4.79 Å². The highest BCUT2D eigenvalue weighted by atomic mass is 32.2. The van der Waals surface area contributed by atoms with Gasteiger partial charge in [-0.3, -0.25) is 4.79 Å². The van der Waals surface area contributed by atoms with E-state index < -0.39 is 0 Å². The second-order valence-corrected chi connectivity index (χ2v) is 7.95. The number of thioether (sulfide) groups is 1. The Bertz CT molecular complexity index is 529. The van der Waals surface area contributed by atoms with Crippen LogP contribution < -0.4 is 10.6 Å². The number of hydrogen-bond donors (Lipinski definition) is 2. The summed E-state index contributed by atoms with van der Waals surface area (Å²) in [6.45, 7) is 6.05. The van der Waals surface area contributed by atoms with E-state index in [2.05, 4.69) is 47.9 Å². The third kappa shape index (κ3) is 8.24. The maximum absolute atomic E-state index is 11.8. The highest BCUT2D eigenvalue weighted by Gasteiger charge is 2.16. The van der Waals surface area contributed by atoms with Crippen LogP contribution in [0.1, 0.15) is 19.4 Å². The highest BCUT2D eigenvalue weighted by Crippen LogP contribution is 2.19. The van der Waals surface area contributed by atoms with Crippen LogP contribution in [-0.2, 0) is 11.2 Å². The van der Waals surface area contributed by atoms with Crippen LogP contribution in [0, 0.1) is 0 Å². The third-order valence-corrected chi connectivity index (χ3v) is 4.90. The molecule has 0 fully saturated rings. The normalized spacial score (nSPS) is 12.0. The molecule has 0 radical (unpaired) electrons. The molecule has 5 nitrogen and oxygen atoms in total. The van der Waals surface area contributed by atoms with E-state index in [1.807, 2.05) is 18.2 Å². The molecular weight excluding hydrogens is 320 g/mol. The molecule has 0 saturated heterocycles. The van der Waals surface area contributed by atoms with E-state index in [1.54, 1.807) is 30.8 Å². The van der Waals surface area contributed by atoms with Crippen LogP contribution in [-0.4, -0.2) is 61.5 Å². The summed E-state index contributed by atoms with van der Waals surface area (Å²) < 4.78 is 0.105. The van der Waals surface area contributed by atoms with Crippen molar-refractivity contribution in [2.45, 2.75) is 25.0 Å². The first-order valence-corrected chi connectivity index (χ1v) is 9.38. The number of aliphatic imine (C=N–C) groups is 1. The number of amides is 1. The lowest BCUT2D eigenvalue weighted by Crippen LogP contribution is -2.44. The molecule has 0 aliphatic carbocycles. The molecule has 1 aromatic carbocycles. The number of benzene rings is 1. The minimum atomic E-state index is -0.0108. The molecule has 2 N–H and O–H groups in total. The van der Waals surface area contributed by atoms with Gasteiger partial charge >= 0.3 is 0 Å². The predicted octanol–water partition coefficient (Wildman–Crippen LogP) is 1.99. The minimum absolute atomic E-state index is 0.0108. The van der Waals surface area contributed by atoms with Crippen molar-refractivity contribution in [1.82, 2.24) is 15.5 Å². The Balaban J connectivity index is 2.59. The zero-order valence-corrected chi connectivity index (χ0v) is 16.2. The van der Waals surface area contributed by atoms with Crippen molar-refractivity contribution in [3.63, 3.8) is 0 Å². The number of nitrogens with zero attached hydrogens (tertiary/aromatic N) is 2. The largest absolute Gasteiger partial charge is 0.356 e. The summed E-state index contributed by atoms with van der Waals surface area (Å²) in [6, 6.07) is 10.3. The van der Waals surface area contributed by atoms with E-state index in [1.165, 1.54) is 5.56 Å². The van der Waals surface area contributed by atoms with E-state index in [9.17, 15) is 4.79 Å². The molecule has 0 bridgehead atoms. The summed E-state index contributed by atoms with van der Waals surface area (Å²) in [4.78, 5) is 17.7. The van der Waals surface area contributed by atoms with Crippen LogP contribution in [0.3, 0.4) is 0 Å². The van der Waals surface area contributed by atoms with Crippen LogP contribution in [0.4, 0.5) is 0 Å². The van der Waals surface area contributed by atoms with Gasteiger partial charge < -0.3 is 15.5 Å². The molecule has 24 heavy (non-hydrogen) atoms. The Morgan fingerprint density at radius 3 is 2.46 bits per heavy atom. The lowest BCUT2D eigenvalue weighted by atomic mass is 10.1. The molecule has 1 aromatic rings. The van der Waals surface area contributed by atoms with Crippen molar-refractivity contribution in [2.24, 2.45) is 4.99 Å². The fourth-order valence-corrected chi connectivity index (χ4v) is 2.02. The summed E-state index contributed by atoms with van der Waals surface area (Å²) in [7, 11) is 3.48. The summed E-state index contributed by atoms with van der Waals surface area (Å²) >= 11 is 1.80. The first-order valence-electron chi connectivity index (χ1n) is 8.15. The molecule has 134 valence electrons. The maximum Gasteiger partial charge on any atom is 0.243 e. The molecule has 6 heteroatoms. The topological polar surface area (TPSA) is 56.7 Å². The molecule has 0 aliphatic rings. The molecular formula is C18H30N4OS. The van der Waals surface area contributed by atoms with Crippen LogP contribution in [0.5, 0.6) is 0 Å². The molecule has 0 aromatic heterocycles. The zero-order chi connectivity index (χ0) is 18.0. The first kappa shape index (κ1) is 20.4. The molecule has 0 spiro atoms. The standard InChI is InChI=1S/C18H30N4OS/c1-18(2,24-5)14-21-17(20-13-16(23)22(3)4)19-12-11-15-9-7-6-8-10-15/h6-10H,11-14H2,1-5H3,(H2,19,20,21). The third-order valence-electron chi connectivity index (χ3n) is 3.65. The highest BCUT2D eigenvalue weighted by molar-refractivity contribution is 7.99. The van der Waals surface area contributed by atoms with Gasteiger partial charge in [0, 0.05) is 31.9 Å². The van der Waals surface area contributed by atoms with Gasteiger partial charge in [-0.1, -0.05) is 30.3 Å². The Hall–Kier alpha value is -1.69. The second-order valence-electron chi connectivity index (χ2n) is 6.43. The van der Waals surface area contributed by atoms with Crippen LogP contribution in [0.15, 0.2) is 35.3 Å². The summed E-state index contributed by atoms with van der Waals surface area (Å²) in [5.41, 5.74) is 1.28. The maximum atomic E-state index is 11.8. The van der Waals surface area contributed by atoms with E-state index in [0.29, 0.717) is 5.96 Å². The number of rotatable bonds is 8. The average Bonchev–Trinajstić information content (AvgIpc) is 2.57. The zero-order valence-electron chi connectivity index (χ0n) is 15.4. The van der Waals surface area contributed by atoms with Gasteiger partial charge in [-0.05, 0) is 32.1 Å². The fraction of sp³-hybridized carbons (Fsp3) is 0.556. The lowest BCUT2D eigenvalue weighted by Gasteiger charge is -2.24. The van der Waals surface area contributed by atoms with Gasteiger partial charge in [0.15, 0.2) is 5.96 Å². The lowest BCUT2D eigenvalue weighted by molar-refractivity contribution is -0.127. The first-order chi connectivity index (χ1) is 11.3. The SMILES string of the molecule is CSC(C)(C)CNC(=NCC(=O)N(C)C)NCCc1ccccc1. The summed E-state index contributed by atoms with van der Waals surface area (Å²) in [5, 5.41) is 6.66. The van der Waals surface area contributed by atoms with E-state index in [-0.39, 0.29) is 17.2 Å². The van der Waals surface area contributed by atoms with Crippen LogP contribution in [0.2, 0.25) is 0 Å². The van der Waals surface area contributed by atoms with E-state index in [4.69, 9.17) is 0 Å². The average molecular weight is 351 g/mol. The van der Waals surface area contributed by atoms with Gasteiger partial charge in [0.1, 0.15) is 6.54 Å². The predicted molar refractivity (Wildman–Crippen MR) is 105 cm³/mol. The van der Waals surface area contributed by atoms with Gasteiger partial charge in [0.25, 0.3) is 0 Å². The Labute approximate surface area is 150 Å². The Morgan fingerprint density at radius 1 is 1.21 bits per heavy atom. The van der Waals surface area contributed by atoms with Gasteiger partial charge in [-0.15, -0.1) is 0 Å². The van der Waals surface area contributed by atoms with Gasteiger partial charge in [-0.2, -0.15) is 11.8 Å². The number of hydrogen-bond acceptors (Lipinski definition) is 3. The minimum Gasteiger partial charge on any atom is -0.356 e. The van der Waals surface area contributed by atoms with Crippen LogP contribution >= 0.6 is 11.8 Å². The number of nitrogens with one attached hydrogen (secondary N) is 2. The summed E-state index contributed by atoms with van der Waals surface area (Å²) in [5.74, 6) is 0.673. The molecule has 0 unspecified atom stereocenters. The number of guanidine groups is 1. The van der Waals surface area contributed by atoms with Crippen molar-refractivity contribution in [1.29, 1.82) is 0 Å². The van der Waals surface area contributed by atoms with Crippen molar-refractivity contribution in [3.05, 3.63) is 35.9 Å². The molecule has 0 saturated carbocycles. The Kier molecular flexibility index (Phi) is 8.68. The van der Waals surface area contributed by atoms with Crippen molar-refractivity contribution in [3.8, 4) is 0 Å². The van der Waals surface area contributed by atoms with E-state index >= 15 is 0 Å².